The quantitative estimate of drug-likeness (QED) is 0.203. The molecule has 7 heteroatoms. The number of nitrogens with zero attached hydrogens (tertiary/aromatic N) is 2. The second-order valence-electron chi connectivity index (χ2n) is 9.07. The normalized spacial score (nSPS) is 16.9. The number of halogens is 1. The second kappa shape index (κ2) is 10.4. The number of nitrogens with one attached hydrogen (secondary N) is 1. The second-order valence-corrected chi connectivity index (χ2v) is 10.4. The molecule has 1 fully saturated rings. The van der Waals surface area contributed by atoms with Gasteiger partial charge in [0.1, 0.15) is 29.1 Å². The Morgan fingerprint density at radius 2 is 1.66 bits per heavy atom. The lowest BCUT2D eigenvalue weighted by Gasteiger charge is -2.26. The van der Waals surface area contributed by atoms with Crippen LogP contribution in [0.4, 0.5) is 5.69 Å². The molecule has 0 aliphatic carbocycles. The number of anilines is 1. The molecule has 0 saturated carbocycles. The number of ether oxygens (including phenoxy) is 1. The highest BCUT2D eigenvalue weighted by Crippen LogP contribution is 2.43. The van der Waals surface area contributed by atoms with Crippen molar-refractivity contribution in [2.45, 2.75) is 19.0 Å². The monoisotopic (exact) mass is 581 g/mol. The summed E-state index contributed by atoms with van der Waals surface area (Å²) in [4.78, 5) is 6.72. The molecular weight excluding hydrogens is 558 g/mol. The van der Waals surface area contributed by atoms with Gasteiger partial charge in [-0.2, -0.15) is 0 Å². The number of furan rings is 1. The van der Waals surface area contributed by atoms with E-state index in [1.165, 1.54) is 0 Å². The van der Waals surface area contributed by atoms with E-state index in [4.69, 9.17) is 21.4 Å². The third-order valence-corrected chi connectivity index (χ3v) is 7.42. The van der Waals surface area contributed by atoms with E-state index in [1.807, 2.05) is 110 Å². The van der Waals surface area contributed by atoms with E-state index < -0.39 is 0 Å². The van der Waals surface area contributed by atoms with Gasteiger partial charge in [0.05, 0.1) is 11.7 Å². The van der Waals surface area contributed by atoms with Crippen molar-refractivity contribution in [1.29, 1.82) is 0 Å². The van der Waals surface area contributed by atoms with Crippen LogP contribution >= 0.6 is 28.1 Å². The Labute approximate surface area is 235 Å². The summed E-state index contributed by atoms with van der Waals surface area (Å²) in [6, 6.07) is 33.5. The predicted octanol–water partition coefficient (Wildman–Crippen LogP) is 8.38. The van der Waals surface area contributed by atoms with Crippen molar-refractivity contribution in [3.05, 3.63) is 131 Å². The molecule has 1 aliphatic rings. The Morgan fingerprint density at radius 1 is 0.895 bits per heavy atom. The van der Waals surface area contributed by atoms with Crippen LogP contribution in [0.15, 0.2) is 118 Å². The van der Waals surface area contributed by atoms with Crippen molar-refractivity contribution in [3.63, 3.8) is 0 Å². The molecule has 0 radical (unpaired) electrons. The predicted molar refractivity (Wildman–Crippen MR) is 157 cm³/mol. The average molecular weight is 583 g/mol. The molecule has 0 bridgehead atoms. The van der Waals surface area contributed by atoms with Crippen LogP contribution in [-0.4, -0.2) is 10.1 Å². The number of benzene rings is 3. The molecule has 3 aromatic carbocycles. The van der Waals surface area contributed by atoms with Crippen molar-refractivity contribution in [1.82, 2.24) is 10.3 Å². The Kier molecular flexibility index (Phi) is 6.70. The molecule has 1 N–H and O–H groups in total. The topological polar surface area (TPSA) is 50.5 Å². The minimum atomic E-state index is -0.232. The van der Waals surface area contributed by atoms with Gasteiger partial charge in [0, 0.05) is 21.9 Å². The highest BCUT2D eigenvalue weighted by atomic mass is 79.9. The number of aromatic nitrogens is 1. The molecule has 38 heavy (non-hydrogen) atoms. The first-order valence-electron chi connectivity index (χ1n) is 12.3. The number of aryl methyl sites for hydroxylation is 1. The van der Waals surface area contributed by atoms with Crippen LogP contribution in [0, 0.1) is 6.92 Å². The molecule has 0 amide bonds. The number of para-hydroxylation sites is 1. The summed E-state index contributed by atoms with van der Waals surface area (Å²) < 4.78 is 13.6. The van der Waals surface area contributed by atoms with Crippen LogP contribution in [0.1, 0.15) is 29.1 Å². The van der Waals surface area contributed by atoms with Crippen molar-refractivity contribution in [2.24, 2.45) is 0 Å². The van der Waals surface area contributed by atoms with Gasteiger partial charge in [0.25, 0.3) is 0 Å². The first kappa shape index (κ1) is 24.4. The summed E-state index contributed by atoms with van der Waals surface area (Å²) >= 11 is 9.36. The van der Waals surface area contributed by atoms with Crippen molar-refractivity contribution in [2.75, 3.05) is 4.90 Å². The number of rotatable bonds is 6. The molecule has 1 aliphatic heterocycles. The smallest absolute Gasteiger partial charge is 0.174 e. The van der Waals surface area contributed by atoms with Crippen LogP contribution in [-0.2, 0) is 0 Å². The molecule has 0 unspecified atom stereocenters. The zero-order valence-electron chi connectivity index (χ0n) is 20.5. The van der Waals surface area contributed by atoms with E-state index in [1.54, 1.807) is 6.20 Å². The van der Waals surface area contributed by atoms with Gasteiger partial charge in [-0.05, 0) is 91.4 Å². The first-order chi connectivity index (χ1) is 18.6. The fourth-order valence-corrected chi connectivity index (χ4v) is 5.29. The van der Waals surface area contributed by atoms with Gasteiger partial charge < -0.3 is 19.4 Å². The fourth-order valence-electron chi connectivity index (χ4n) is 4.68. The Morgan fingerprint density at radius 3 is 2.39 bits per heavy atom. The molecule has 6 rings (SSSR count). The number of hydrogen-bond acceptors (Lipinski definition) is 4. The molecule has 188 valence electrons. The van der Waals surface area contributed by atoms with E-state index in [9.17, 15) is 0 Å². The summed E-state index contributed by atoms with van der Waals surface area (Å²) in [5, 5.41) is 4.09. The summed E-state index contributed by atoms with van der Waals surface area (Å²) in [5.41, 5.74) is 3.92. The standard InChI is InChI=1S/C31H24BrN3O2S/c1-20-6-2-3-8-26(20)36-24-15-13-23(14-16-24)35-30(29(34-31(35)38)25-7-4-5-19-33-25)28-18-17-27(37-28)21-9-11-22(32)12-10-21/h2-19,29-30H,1H3,(H,34,38)/t29-,30+/m0/s1. The number of thiocarbonyl (C=S) groups is 1. The maximum Gasteiger partial charge on any atom is 0.174 e. The van der Waals surface area contributed by atoms with Gasteiger partial charge in [-0.3, -0.25) is 4.98 Å². The zero-order valence-corrected chi connectivity index (χ0v) is 22.9. The molecule has 0 spiro atoms. The van der Waals surface area contributed by atoms with Crippen LogP contribution in [0.25, 0.3) is 11.3 Å². The van der Waals surface area contributed by atoms with E-state index in [0.717, 1.165) is 50.0 Å². The molecule has 2 aromatic heterocycles. The van der Waals surface area contributed by atoms with Crippen molar-refractivity contribution in [3.8, 4) is 22.8 Å². The van der Waals surface area contributed by atoms with Crippen LogP contribution in [0.5, 0.6) is 11.5 Å². The van der Waals surface area contributed by atoms with Crippen LogP contribution in [0.3, 0.4) is 0 Å². The molecular formula is C31H24BrN3O2S. The van der Waals surface area contributed by atoms with E-state index in [0.29, 0.717) is 5.11 Å². The average Bonchev–Trinajstić information content (AvgIpc) is 3.56. The third kappa shape index (κ3) is 4.83. The van der Waals surface area contributed by atoms with E-state index >= 15 is 0 Å². The summed E-state index contributed by atoms with van der Waals surface area (Å²) in [6.45, 7) is 2.03. The minimum Gasteiger partial charge on any atom is -0.459 e. The molecule has 3 heterocycles. The van der Waals surface area contributed by atoms with Gasteiger partial charge >= 0.3 is 0 Å². The van der Waals surface area contributed by atoms with Gasteiger partial charge in [0.15, 0.2) is 5.11 Å². The highest BCUT2D eigenvalue weighted by Gasteiger charge is 2.42. The van der Waals surface area contributed by atoms with Gasteiger partial charge in [-0.15, -0.1) is 0 Å². The lowest BCUT2D eigenvalue weighted by atomic mass is 10.0. The highest BCUT2D eigenvalue weighted by molar-refractivity contribution is 9.10. The first-order valence-corrected chi connectivity index (χ1v) is 13.5. The van der Waals surface area contributed by atoms with Crippen LogP contribution in [0.2, 0.25) is 0 Å². The largest absolute Gasteiger partial charge is 0.459 e. The van der Waals surface area contributed by atoms with Crippen molar-refractivity contribution >= 4 is 38.9 Å². The van der Waals surface area contributed by atoms with E-state index in [-0.39, 0.29) is 12.1 Å². The van der Waals surface area contributed by atoms with Crippen LogP contribution < -0.4 is 15.0 Å². The summed E-state index contributed by atoms with van der Waals surface area (Å²) in [5.74, 6) is 3.19. The van der Waals surface area contributed by atoms with Gasteiger partial charge in [-0.25, -0.2) is 0 Å². The molecule has 5 nitrogen and oxygen atoms in total. The maximum atomic E-state index is 6.45. The molecule has 2 atom stereocenters. The minimum absolute atomic E-state index is 0.185. The van der Waals surface area contributed by atoms with Gasteiger partial charge in [0.2, 0.25) is 0 Å². The number of pyridine rings is 1. The maximum absolute atomic E-state index is 6.45. The summed E-state index contributed by atoms with van der Waals surface area (Å²) in [7, 11) is 0. The zero-order chi connectivity index (χ0) is 26.1. The van der Waals surface area contributed by atoms with Crippen molar-refractivity contribution < 1.29 is 9.15 Å². The Hall–Kier alpha value is -3.94. The van der Waals surface area contributed by atoms with Gasteiger partial charge in [-0.1, -0.05) is 52.3 Å². The molecule has 5 aromatic rings. The lowest BCUT2D eigenvalue weighted by Crippen LogP contribution is -2.29. The fraction of sp³-hybridized carbons (Fsp3) is 0.0968. The third-order valence-electron chi connectivity index (χ3n) is 6.58. The Bertz CT molecular complexity index is 1570. The summed E-state index contributed by atoms with van der Waals surface area (Å²) in [6.07, 6.45) is 1.80. The molecule has 1 saturated heterocycles. The SMILES string of the molecule is Cc1ccccc1Oc1ccc(N2C(=S)N[C@@H](c3ccccn3)[C@H]2c2ccc(-c3ccc(Br)cc3)o2)cc1. The lowest BCUT2D eigenvalue weighted by molar-refractivity contribution is 0.439. The Balaban J connectivity index is 1.35. The van der Waals surface area contributed by atoms with E-state index in [2.05, 4.69) is 31.1 Å². The number of hydrogen-bond donors (Lipinski definition) is 1.